The lowest BCUT2D eigenvalue weighted by Gasteiger charge is -2.22. The zero-order valence-electron chi connectivity index (χ0n) is 11.7. The topological polar surface area (TPSA) is 66.6 Å². The van der Waals surface area contributed by atoms with Crippen molar-refractivity contribution in [2.75, 3.05) is 19.6 Å². The highest BCUT2D eigenvalue weighted by Crippen LogP contribution is 2.23. The van der Waals surface area contributed by atoms with E-state index in [4.69, 9.17) is 5.73 Å². The number of nitrogens with two attached hydrogens (primary N) is 1. The van der Waals surface area contributed by atoms with Crippen LogP contribution in [0.4, 0.5) is 0 Å². The Morgan fingerprint density at radius 1 is 1.55 bits per heavy atom. The highest BCUT2D eigenvalue weighted by Gasteiger charge is 2.27. The van der Waals surface area contributed by atoms with Crippen molar-refractivity contribution >= 4 is 17.2 Å². The normalized spacial score (nSPS) is 22.9. The molecule has 0 aliphatic carbocycles. The van der Waals surface area contributed by atoms with Gasteiger partial charge in [-0.2, -0.15) is 0 Å². The average Bonchev–Trinajstić information content (AvgIpc) is 2.80. The second-order valence-corrected chi connectivity index (χ2v) is 6.26. The molecule has 2 heterocycles. The molecule has 1 aromatic heterocycles. The first-order valence-electron chi connectivity index (χ1n) is 6.81. The van der Waals surface area contributed by atoms with Crippen molar-refractivity contribution < 1.29 is 9.90 Å². The number of likely N-dealkylation sites (tertiary alicyclic amines) is 1. The molecule has 5 heteroatoms. The summed E-state index contributed by atoms with van der Waals surface area (Å²) < 4.78 is 0. The Balaban J connectivity index is 2.05. The second kappa shape index (κ2) is 6.40. The third-order valence-electron chi connectivity index (χ3n) is 3.51. The molecule has 2 rings (SSSR count). The highest BCUT2D eigenvalue weighted by molar-refractivity contribution is 7.10. The molecule has 0 aromatic carbocycles. The first-order valence-corrected chi connectivity index (χ1v) is 7.69. The minimum absolute atomic E-state index is 0.0275. The number of amides is 1. The molecule has 1 atom stereocenters. The second-order valence-electron chi connectivity index (χ2n) is 5.35. The number of nitrogens with zero attached hydrogens (tertiary/aromatic N) is 1. The van der Waals surface area contributed by atoms with Crippen LogP contribution in [0.15, 0.2) is 11.4 Å². The van der Waals surface area contributed by atoms with Crippen LogP contribution in [0.1, 0.15) is 41.4 Å². The van der Waals surface area contributed by atoms with Crippen molar-refractivity contribution in [2.45, 2.75) is 31.8 Å². The average molecular weight is 292 g/mol. The van der Waals surface area contributed by atoms with Crippen LogP contribution in [0.3, 0.4) is 0 Å². The Bertz CT molecular complexity index is 540. The predicted molar refractivity (Wildman–Crippen MR) is 80.6 cm³/mol. The minimum Gasteiger partial charge on any atom is -0.390 e. The lowest BCUT2D eigenvalue weighted by Crippen LogP contribution is -2.33. The molecule has 1 aliphatic heterocycles. The molecule has 4 nitrogen and oxygen atoms in total. The number of rotatable bonds is 1. The zero-order valence-corrected chi connectivity index (χ0v) is 12.5. The SMILES string of the molecule is CC1(O)CCCN(C(=O)c2csc(C#CCN)c2)CC1. The van der Waals surface area contributed by atoms with Gasteiger partial charge in [0.1, 0.15) is 0 Å². The largest absolute Gasteiger partial charge is 0.390 e. The number of aliphatic hydroxyl groups is 1. The number of hydrogen-bond acceptors (Lipinski definition) is 4. The summed E-state index contributed by atoms with van der Waals surface area (Å²) in [6, 6.07) is 1.82. The summed E-state index contributed by atoms with van der Waals surface area (Å²) in [5.74, 6) is 5.76. The summed E-state index contributed by atoms with van der Waals surface area (Å²) >= 11 is 1.46. The maximum absolute atomic E-state index is 12.4. The molecule has 1 saturated heterocycles. The van der Waals surface area contributed by atoms with Crippen molar-refractivity contribution in [1.29, 1.82) is 0 Å². The van der Waals surface area contributed by atoms with E-state index in [2.05, 4.69) is 11.8 Å². The number of thiophene rings is 1. The minimum atomic E-state index is -0.651. The van der Waals surface area contributed by atoms with E-state index in [0.717, 1.165) is 17.7 Å². The molecule has 1 unspecified atom stereocenters. The van der Waals surface area contributed by atoms with Crippen LogP contribution in [-0.2, 0) is 0 Å². The van der Waals surface area contributed by atoms with E-state index in [1.807, 2.05) is 23.3 Å². The van der Waals surface area contributed by atoms with Gasteiger partial charge in [-0.1, -0.05) is 11.8 Å². The van der Waals surface area contributed by atoms with E-state index in [0.29, 0.717) is 31.6 Å². The highest BCUT2D eigenvalue weighted by atomic mass is 32.1. The number of carbonyl (C=O) groups is 1. The van der Waals surface area contributed by atoms with Gasteiger partial charge in [0.15, 0.2) is 0 Å². The lowest BCUT2D eigenvalue weighted by atomic mass is 9.98. The summed E-state index contributed by atoms with van der Waals surface area (Å²) in [5, 5.41) is 11.9. The predicted octanol–water partition coefficient (Wildman–Crippen LogP) is 1.44. The fraction of sp³-hybridized carbons (Fsp3) is 0.533. The van der Waals surface area contributed by atoms with Gasteiger partial charge in [-0.05, 0) is 32.3 Å². The van der Waals surface area contributed by atoms with Crippen LogP contribution in [-0.4, -0.2) is 41.1 Å². The van der Waals surface area contributed by atoms with Gasteiger partial charge in [0, 0.05) is 18.5 Å². The van der Waals surface area contributed by atoms with Crippen LogP contribution >= 0.6 is 11.3 Å². The van der Waals surface area contributed by atoms with E-state index in [1.54, 1.807) is 0 Å². The van der Waals surface area contributed by atoms with Gasteiger partial charge in [0.25, 0.3) is 5.91 Å². The van der Waals surface area contributed by atoms with Gasteiger partial charge in [-0.15, -0.1) is 11.3 Å². The van der Waals surface area contributed by atoms with Gasteiger partial charge in [-0.3, -0.25) is 4.79 Å². The third kappa shape index (κ3) is 3.83. The lowest BCUT2D eigenvalue weighted by molar-refractivity contribution is 0.0438. The molecular formula is C15H20N2O2S. The van der Waals surface area contributed by atoms with Crippen LogP contribution in [0.25, 0.3) is 0 Å². The molecule has 0 saturated carbocycles. The Morgan fingerprint density at radius 3 is 3.10 bits per heavy atom. The van der Waals surface area contributed by atoms with Crippen molar-refractivity contribution in [2.24, 2.45) is 5.73 Å². The first-order chi connectivity index (χ1) is 9.52. The summed E-state index contributed by atoms with van der Waals surface area (Å²) in [6.45, 7) is 3.47. The van der Waals surface area contributed by atoms with Crippen LogP contribution < -0.4 is 5.73 Å². The fourth-order valence-electron chi connectivity index (χ4n) is 2.30. The molecule has 0 radical (unpaired) electrons. The Labute approximate surface area is 123 Å². The number of carbonyl (C=O) groups excluding carboxylic acids is 1. The smallest absolute Gasteiger partial charge is 0.254 e. The monoisotopic (exact) mass is 292 g/mol. The Kier molecular flexibility index (Phi) is 4.81. The van der Waals surface area contributed by atoms with E-state index in [1.165, 1.54) is 11.3 Å². The zero-order chi connectivity index (χ0) is 14.6. The van der Waals surface area contributed by atoms with E-state index >= 15 is 0 Å². The molecule has 0 bridgehead atoms. The van der Waals surface area contributed by atoms with Gasteiger partial charge in [0.2, 0.25) is 0 Å². The summed E-state index contributed by atoms with van der Waals surface area (Å²) in [6.07, 6.45) is 2.21. The van der Waals surface area contributed by atoms with Gasteiger partial charge >= 0.3 is 0 Å². The Morgan fingerprint density at radius 2 is 2.35 bits per heavy atom. The van der Waals surface area contributed by atoms with E-state index in [9.17, 15) is 9.90 Å². The summed E-state index contributed by atoms with van der Waals surface area (Å²) in [5.41, 5.74) is 5.36. The molecule has 3 N–H and O–H groups in total. The molecule has 1 aliphatic rings. The van der Waals surface area contributed by atoms with Crippen molar-refractivity contribution in [1.82, 2.24) is 4.90 Å². The Hall–Kier alpha value is -1.35. The van der Waals surface area contributed by atoms with Crippen molar-refractivity contribution in [3.05, 3.63) is 21.9 Å². The maximum Gasteiger partial charge on any atom is 0.254 e. The molecule has 0 spiro atoms. The summed E-state index contributed by atoms with van der Waals surface area (Å²) in [4.78, 5) is 15.1. The molecule has 1 amide bonds. The standard InChI is InChI=1S/C15H20N2O2S/c1-15(19)5-3-8-17(9-6-15)14(18)12-10-13(20-11-12)4-2-7-16/h10-11,19H,3,5-9,16H2,1H3. The first kappa shape index (κ1) is 15.0. The fourth-order valence-corrected chi connectivity index (χ4v) is 3.05. The van der Waals surface area contributed by atoms with Gasteiger partial charge in [0.05, 0.1) is 22.6 Å². The quantitative estimate of drug-likeness (QED) is 0.770. The third-order valence-corrected chi connectivity index (χ3v) is 4.36. The molecule has 108 valence electrons. The molecular weight excluding hydrogens is 272 g/mol. The molecule has 1 aromatic rings. The molecule has 1 fully saturated rings. The van der Waals surface area contributed by atoms with Crippen molar-refractivity contribution in [3.8, 4) is 11.8 Å². The van der Waals surface area contributed by atoms with E-state index < -0.39 is 5.60 Å². The maximum atomic E-state index is 12.4. The molecule has 20 heavy (non-hydrogen) atoms. The van der Waals surface area contributed by atoms with Crippen LogP contribution in [0.5, 0.6) is 0 Å². The van der Waals surface area contributed by atoms with Gasteiger partial charge < -0.3 is 15.7 Å². The van der Waals surface area contributed by atoms with Crippen LogP contribution in [0.2, 0.25) is 0 Å². The summed E-state index contributed by atoms with van der Waals surface area (Å²) in [7, 11) is 0. The number of hydrogen-bond donors (Lipinski definition) is 2. The van der Waals surface area contributed by atoms with Crippen LogP contribution in [0, 0.1) is 11.8 Å². The van der Waals surface area contributed by atoms with Crippen molar-refractivity contribution in [3.63, 3.8) is 0 Å². The van der Waals surface area contributed by atoms with Gasteiger partial charge in [-0.25, -0.2) is 0 Å². The van der Waals surface area contributed by atoms with E-state index in [-0.39, 0.29) is 5.91 Å².